The molecular formula is C13H7OSY-. The zero-order valence-electron chi connectivity index (χ0n) is 8.44. The van der Waals surface area contributed by atoms with Crippen LogP contribution in [-0.2, 0) is 32.7 Å². The smallest absolute Gasteiger partial charge is 0.110 e. The fourth-order valence-electron chi connectivity index (χ4n) is 1.68. The molecule has 0 saturated heterocycles. The predicted molar refractivity (Wildman–Crippen MR) is 64.4 cm³/mol. The maximum Gasteiger partial charge on any atom is 0.110 e. The number of hydrogen-bond donors (Lipinski definition) is 0. The van der Waals surface area contributed by atoms with E-state index in [1.54, 1.807) is 17.4 Å². The van der Waals surface area contributed by atoms with Gasteiger partial charge in [0.1, 0.15) is 5.43 Å². The summed E-state index contributed by atoms with van der Waals surface area (Å²) in [6.45, 7) is 0. The Labute approximate surface area is 122 Å². The maximum atomic E-state index is 12.1. The van der Waals surface area contributed by atoms with E-state index in [1.165, 1.54) is 0 Å². The molecule has 0 saturated carbocycles. The van der Waals surface area contributed by atoms with Gasteiger partial charge in [-0.1, -0.05) is 28.3 Å². The van der Waals surface area contributed by atoms with Crippen molar-refractivity contribution >= 4 is 31.5 Å². The minimum absolute atomic E-state index is 0. The van der Waals surface area contributed by atoms with Crippen LogP contribution < -0.4 is 5.43 Å². The molecule has 0 unspecified atom stereocenters. The molecule has 0 aliphatic rings. The van der Waals surface area contributed by atoms with Crippen LogP contribution in [0, 0.1) is 6.07 Å². The molecule has 1 heterocycles. The maximum absolute atomic E-state index is 12.1. The predicted octanol–water partition coefficient (Wildman–Crippen LogP) is 3.21. The number of benzene rings is 2. The van der Waals surface area contributed by atoms with Gasteiger partial charge in [0.2, 0.25) is 0 Å². The molecule has 1 aromatic heterocycles. The Morgan fingerprint density at radius 3 is 2.62 bits per heavy atom. The van der Waals surface area contributed by atoms with Gasteiger partial charge in [0.25, 0.3) is 0 Å². The van der Waals surface area contributed by atoms with Crippen LogP contribution in [0.4, 0.5) is 0 Å². The standard InChI is InChI=1S/C13H7OS.Y/c14-13-9-5-1-3-7-11(9)15-12-8-4-2-6-10(12)13;/h1-5,7-8H;/q-1;. The first-order valence-corrected chi connectivity index (χ1v) is 5.50. The molecule has 3 aromatic rings. The summed E-state index contributed by atoms with van der Waals surface area (Å²) in [7, 11) is 0. The van der Waals surface area contributed by atoms with Gasteiger partial charge in [-0.25, -0.2) is 0 Å². The van der Waals surface area contributed by atoms with Crippen molar-refractivity contribution in [2.24, 2.45) is 0 Å². The quantitative estimate of drug-likeness (QED) is 0.460. The van der Waals surface area contributed by atoms with Gasteiger partial charge in [-0.15, -0.1) is 24.3 Å². The second-order valence-corrected chi connectivity index (χ2v) is 4.42. The molecule has 0 spiro atoms. The van der Waals surface area contributed by atoms with Crippen LogP contribution >= 0.6 is 11.3 Å². The van der Waals surface area contributed by atoms with Crippen LogP contribution in [0.5, 0.6) is 0 Å². The Hall–Kier alpha value is -0.566. The van der Waals surface area contributed by atoms with Gasteiger partial charge < -0.3 is 4.79 Å². The minimum Gasteiger partial charge on any atom is -0.346 e. The van der Waals surface area contributed by atoms with Crippen molar-refractivity contribution < 1.29 is 32.7 Å². The Balaban J connectivity index is 0.000000963. The van der Waals surface area contributed by atoms with E-state index in [0.29, 0.717) is 5.39 Å². The molecule has 0 aliphatic heterocycles. The van der Waals surface area contributed by atoms with Crippen LogP contribution in [0.1, 0.15) is 0 Å². The van der Waals surface area contributed by atoms with E-state index < -0.39 is 0 Å². The first kappa shape index (κ1) is 11.9. The number of rotatable bonds is 0. The summed E-state index contributed by atoms with van der Waals surface area (Å²) in [5, 5.41) is 1.48. The molecule has 0 amide bonds. The molecule has 1 radical (unpaired) electrons. The Morgan fingerprint density at radius 2 is 1.75 bits per heavy atom. The minimum atomic E-state index is 0. The van der Waals surface area contributed by atoms with E-state index in [-0.39, 0.29) is 38.1 Å². The van der Waals surface area contributed by atoms with E-state index in [9.17, 15) is 4.79 Å². The summed E-state index contributed by atoms with van der Waals surface area (Å²) in [5.41, 5.74) is 0.0833. The third kappa shape index (κ3) is 1.86. The summed E-state index contributed by atoms with van der Waals surface area (Å²) in [6, 6.07) is 16.4. The molecule has 0 atom stereocenters. The number of fused-ring (bicyclic) bond motifs is 2. The van der Waals surface area contributed by atoms with Crippen LogP contribution in [0.3, 0.4) is 0 Å². The summed E-state index contributed by atoms with van der Waals surface area (Å²) < 4.78 is 2.04. The third-order valence-electron chi connectivity index (χ3n) is 2.40. The van der Waals surface area contributed by atoms with Gasteiger partial charge in [-0.05, 0) is 11.5 Å². The first-order chi connectivity index (χ1) is 7.36. The second-order valence-electron chi connectivity index (χ2n) is 3.34. The van der Waals surface area contributed by atoms with Crippen molar-refractivity contribution in [3.05, 3.63) is 58.8 Å². The van der Waals surface area contributed by atoms with Gasteiger partial charge in [0.05, 0.1) is 0 Å². The van der Waals surface area contributed by atoms with Gasteiger partial charge in [0, 0.05) is 37.4 Å². The molecule has 0 fully saturated rings. The van der Waals surface area contributed by atoms with E-state index in [0.717, 1.165) is 14.8 Å². The van der Waals surface area contributed by atoms with Crippen molar-refractivity contribution in [1.82, 2.24) is 0 Å². The van der Waals surface area contributed by atoms with E-state index in [2.05, 4.69) is 6.07 Å². The summed E-state index contributed by atoms with van der Waals surface area (Å²) in [5.74, 6) is 0. The second kappa shape index (κ2) is 4.74. The Bertz CT molecular complexity index is 646. The van der Waals surface area contributed by atoms with Crippen LogP contribution in [0.2, 0.25) is 0 Å². The molecule has 75 valence electrons. The molecular weight excluding hydrogens is 293 g/mol. The SMILES string of the molecule is O=c1c2[c-]cccc2sc2ccccc12.[Y]. The van der Waals surface area contributed by atoms with Crippen molar-refractivity contribution in [3.63, 3.8) is 0 Å². The molecule has 2 aromatic carbocycles. The molecule has 0 aliphatic carbocycles. The zero-order valence-corrected chi connectivity index (χ0v) is 12.1. The molecule has 0 bridgehead atoms. The third-order valence-corrected chi connectivity index (χ3v) is 3.53. The Kier molecular flexibility index (Phi) is 3.53. The monoisotopic (exact) mass is 300 g/mol. The average molecular weight is 300 g/mol. The topological polar surface area (TPSA) is 17.1 Å². The van der Waals surface area contributed by atoms with Gasteiger partial charge in [-0.2, -0.15) is 11.3 Å². The fraction of sp³-hybridized carbons (Fsp3) is 0. The van der Waals surface area contributed by atoms with Crippen molar-refractivity contribution in [3.8, 4) is 0 Å². The van der Waals surface area contributed by atoms with E-state index >= 15 is 0 Å². The van der Waals surface area contributed by atoms with Crippen LogP contribution in [-0.4, -0.2) is 0 Å². The number of hydrogen-bond acceptors (Lipinski definition) is 2. The molecule has 0 N–H and O–H groups in total. The van der Waals surface area contributed by atoms with Crippen LogP contribution in [0.15, 0.2) is 47.3 Å². The Morgan fingerprint density at radius 1 is 1.00 bits per heavy atom. The molecule has 3 heteroatoms. The van der Waals surface area contributed by atoms with Gasteiger partial charge in [0.15, 0.2) is 0 Å². The molecule has 3 rings (SSSR count). The summed E-state index contributed by atoms with van der Waals surface area (Å²) >= 11 is 1.63. The average Bonchev–Trinajstić information content (AvgIpc) is 2.30. The summed E-state index contributed by atoms with van der Waals surface area (Å²) in [6.07, 6.45) is 0. The largest absolute Gasteiger partial charge is 0.346 e. The van der Waals surface area contributed by atoms with Gasteiger partial charge >= 0.3 is 0 Å². The van der Waals surface area contributed by atoms with Crippen molar-refractivity contribution in [1.29, 1.82) is 0 Å². The normalized spacial score (nSPS) is 10.2. The first-order valence-electron chi connectivity index (χ1n) is 4.68. The van der Waals surface area contributed by atoms with E-state index in [4.69, 9.17) is 0 Å². The fourth-order valence-corrected chi connectivity index (χ4v) is 2.73. The van der Waals surface area contributed by atoms with Crippen LogP contribution in [0.25, 0.3) is 20.2 Å². The molecule has 16 heavy (non-hydrogen) atoms. The zero-order chi connectivity index (χ0) is 10.3. The van der Waals surface area contributed by atoms with Gasteiger partial charge in [-0.3, -0.25) is 0 Å². The van der Waals surface area contributed by atoms with Crippen molar-refractivity contribution in [2.45, 2.75) is 0 Å². The molecule has 1 nitrogen and oxygen atoms in total. The summed E-state index contributed by atoms with van der Waals surface area (Å²) in [4.78, 5) is 12.1. The van der Waals surface area contributed by atoms with E-state index in [1.807, 2.05) is 36.4 Å². The van der Waals surface area contributed by atoms with Crippen molar-refractivity contribution in [2.75, 3.05) is 0 Å².